The maximum absolute atomic E-state index is 3.75. The van der Waals surface area contributed by atoms with Crippen LogP contribution < -0.4 is 5.32 Å². The van der Waals surface area contributed by atoms with Crippen LogP contribution in [0.2, 0.25) is 0 Å². The van der Waals surface area contributed by atoms with Gasteiger partial charge in [-0.1, -0.05) is 13.0 Å². The van der Waals surface area contributed by atoms with Gasteiger partial charge in [0.05, 0.1) is 0 Å². The monoisotopic (exact) mass is 170 g/mol. The molecule has 1 unspecified atom stereocenters. The number of rotatable bonds is 7. The SMILES string of the molecule is C=CCN(CC)C(C)CCNC. The van der Waals surface area contributed by atoms with Gasteiger partial charge in [0.15, 0.2) is 0 Å². The molecule has 0 aliphatic rings. The number of nitrogens with zero attached hydrogens (tertiary/aromatic N) is 1. The predicted molar refractivity (Wildman–Crippen MR) is 55.4 cm³/mol. The molecule has 0 aromatic carbocycles. The van der Waals surface area contributed by atoms with Gasteiger partial charge in [-0.15, -0.1) is 6.58 Å². The van der Waals surface area contributed by atoms with Crippen LogP contribution in [0.3, 0.4) is 0 Å². The quantitative estimate of drug-likeness (QED) is 0.582. The molecule has 0 aromatic heterocycles. The Hall–Kier alpha value is -0.340. The van der Waals surface area contributed by atoms with Crippen LogP contribution in [0.15, 0.2) is 12.7 Å². The highest BCUT2D eigenvalue weighted by atomic mass is 15.1. The Morgan fingerprint density at radius 3 is 2.67 bits per heavy atom. The minimum atomic E-state index is 0.653. The third kappa shape index (κ3) is 4.52. The highest BCUT2D eigenvalue weighted by Crippen LogP contribution is 2.02. The average molecular weight is 170 g/mol. The van der Waals surface area contributed by atoms with Crippen LogP contribution in [0.5, 0.6) is 0 Å². The summed E-state index contributed by atoms with van der Waals surface area (Å²) in [4.78, 5) is 2.42. The Morgan fingerprint density at radius 1 is 1.58 bits per heavy atom. The summed E-state index contributed by atoms with van der Waals surface area (Å²) in [5, 5.41) is 3.17. The zero-order valence-corrected chi connectivity index (χ0v) is 8.64. The van der Waals surface area contributed by atoms with Crippen LogP contribution in [0.25, 0.3) is 0 Å². The maximum Gasteiger partial charge on any atom is 0.0163 e. The summed E-state index contributed by atoms with van der Waals surface area (Å²) < 4.78 is 0. The summed E-state index contributed by atoms with van der Waals surface area (Å²) in [6.45, 7) is 11.4. The largest absolute Gasteiger partial charge is 0.320 e. The fraction of sp³-hybridized carbons (Fsp3) is 0.800. The van der Waals surface area contributed by atoms with E-state index in [1.54, 1.807) is 0 Å². The predicted octanol–water partition coefficient (Wildman–Crippen LogP) is 1.49. The van der Waals surface area contributed by atoms with E-state index >= 15 is 0 Å². The van der Waals surface area contributed by atoms with Gasteiger partial charge < -0.3 is 5.32 Å². The average Bonchev–Trinajstić information content (AvgIpc) is 2.10. The minimum Gasteiger partial charge on any atom is -0.320 e. The lowest BCUT2D eigenvalue weighted by atomic mass is 10.2. The van der Waals surface area contributed by atoms with Gasteiger partial charge >= 0.3 is 0 Å². The van der Waals surface area contributed by atoms with Gasteiger partial charge in [-0.3, -0.25) is 4.90 Å². The Kier molecular flexibility index (Phi) is 7.11. The Labute approximate surface area is 76.6 Å². The molecular formula is C10H22N2. The molecule has 1 N–H and O–H groups in total. The molecule has 0 heterocycles. The van der Waals surface area contributed by atoms with Crippen molar-refractivity contribution in [1.82, 2.24) is 10.2 Å². The zero-order valence-electron chi connectivity index (χ0n) is 8.64. The van der Waals surface area contributed by atoms with E-state index in [9.17, 15) is 0 Å². The zero-order chi connectivity index (χ0) is 9.40. The summed E-state index contributed by atoms with van der Waals surface area (Å²) >= 11 is 0. The van der Waals surface area contributed by atoms with E-state index in [0.717, 1.165) is 19.6 Å². The van der Waals surface area contributed by atoms with E-state index in [1.165, 1.54) is 6.42 Å². The van der Waals surface area contributed by atoms with Crippen molar-refractivity contribution in [3.63, 3.8) is 0 Å². The van der Waals surface area contributed by atoms with Gasteiger partial charge in [0, 0.05) is 12.6 Å². The minimum absolute atomic E-state index is 0.653. The molecule has 0 saturated carbocycles. The summed E-state index contributed by atoms with van der Waals surface area (Å²) in [5.74, 6) is 0. The van der Waals surface area contributed by atoms with Gasteiger partial charge in [0.2, 0.25) is 0 Å². The van der Waals surface area contributed by atoms with Crippen molar-refractivity contribution in [3.05, 3.63) is 12.7 Å². The van der Waals surface area contributed by atoms with Crippen molar-refractivity contribution in [2.24, 2.45) is 0 Å². The topological polar surface area (TPSA) is 15.3 Å². The molecule has 0 rings (SSSR count). The first-order valence-electron chi connectivity index (χ1n) is 4.75. The molecule has 0 saturated heterocycles. The molecule has 0 bridgehead atoms. The van der Waals surface area contributed by atoms with Gasteiger partial charge in [-0.05, 0) is 33.5 Å². The highest BCUT2D eigenvalue weighted by molar-refractivity contribution is 4.76. The fourth-order valence-corrected chi connectivity index (χ4v) is 1.32. The van der Waals surface area contributed by atoms with Gasteiger partial charge in [-0.25, -0.2) is 0 Å². The molecule has 0 aliphatic carbocycles. The lowest BCUT2D eigenvalue weighted by Crippen LogP contribution is -2.34. The molecule has 0 radical (unpaired) electrons. The van der Waals surface area contributed by atoms with Crippen molar-refractivity contribution < 1.29 is 0 Å². The first kappa shape index (κ1) is 11.7. The van der Waals surface area contributed by atoms with Crippen LogP contribution in [0.1, 0.15) is 20.3 Å². The second-order valence-electron chi connectivity index (χ2n) is 3.12. The summed E-state index contributed by atoms with van der Waals surface area (Å²) in [5.41, 5.74) is 0. The molecule has 0 spiro atoms. The molecule has 72 valence electrons. The maximum atomic E-state index is 3.75. The molecule has 0 aliphatic heterocycles. The van der Waals surface area contributed by atoms with Crippen molar-refractivity contribution >= 4 is 0 Å². The lowest BCUT2D eigenvalue weighted by molar-refractivity contribution is 0.232. The van der Waals surface area contributed by atoms with Crippen molar-refractivity contribution in [2.45, 2.75) is 26.3 Å². The van der Waals surface area contributed by atoms with E-state index in [0.29, 0.717) is 6.04 Å². The Balaban J connectivity index is 3.67. The van der Waals surface area contributed by atoms with E-state index < -0.39 is 0 Å². The molecule has 0 amide bonds. The van der Waals surface area contributed by atoms with Crippen molar-refractivity contribution in [2.75, 3.05) is 26.7 Å². The van der Waals surface area contributed by atoms with Gasteiger partial charge in [0.1, 0.15) is 0 Å². The van der Waals surface area contributed by atoms with Gasteiger partial charge in [-0.2, -0.15) is 0 Å². The molecular weight excluding hydrogens is 148 g/mol. The Bertz CT molecular complexity index is 112. The third-order valence-corrected chi connectivity index (χ3v) is 2.21. The number of hydrogen-bond acceptors (Lipinski definition) is 2. The van der Waals surface area contributed by atoms with Gasteiger partial charge in [0.25, 0.3) is 0 Å². The molecule has 2 heteroatoms. The van der Waals surface area contributed by atoms with Crippen LogP contribution in [-0.4, -0.2) is 37.6 Å². The summed E-state index contributed by atoms with van der Waals surface area (Å²) in [6.07, 6.45) is 3.18. The molecule has 1 atom stereocenters. The van der Waals surface area contributed by atoms with Crippen molar-refractivity contribution in [3.8, 4) is 0 Å². The van der Waals surface area contributed by atoms with Crippen molar-refractivity contribution in [1.29, 1.82) is 0 Å². The number of nitrogens with one attached hydrogen (secondary N) is 1. The number of likely N-dealkylation sites (N-methyl/N-ethyl adjacent to an activating group) is 1. The van der Waals surface area contributed by atoms with E-state index in [1.807, 2.05) is 13.1 Å². The second-order valence-corrected chi connectivity index (χ2v) is 3.12. The summed E-state index contributed by atoms with van der Waals surface area (Å²) in [7, 11) is 2.00. The molecule has 0 fully saturated rings. The van der Waals surface area contributed by atoms with E-state index in [-0.39, 0.29) is 0 Å². The fourth-order valence-electron chi connectivity index (χ4n) is 1.32. The van der Waals surface area contributed by atoms with Crippen LogP contribution in [0, 0.1) is 0 Å². The normalized spacial score (nSPS) is 13.3. The van der Waals surface area contributed by atoms with Crippen LogP contribution >= 0.6 is 0 Å². The van der Waals surface area contributed by atoms with E-state index in [4.69, 9.17) is 0 Å². The first-order chi connectivity index (χ1) is 5.76. The standard InChI is InChI=1S/C10H22N2/c1-5-9-12(6-2)10(3)7-8-11-4/h5,10-11H,1,6-9H2,2-4H3. The Morgan fingerprint density at radius 2 is 2.25 bits per heavy atom. The molecule has 12 heavy (non-hydrogen) atoms. The highest BCUT2D eigenvalue weighted by Gasteiger charge is 2.08. The van der Waals surface area contributed by atoms with E-state index in [2.05, 4.69) is 30.6 Å². The summed E-state index contributed by atoms with van der Waals surface area (Å²) in [6, 6.07) is 0.653. The van der Waals surface area contributed by atoms with Crippen LogP contribution in [-0.2, 0) is 0 Å². The first-order valence-corrected chi connectivity index (χ1v) is 4.75. The number of hydrogen-bond donors (Lipinski definition) is 1. The molecule has 2 nitrogen and oxygen atoms in total. The smallest absolute Gasteiger partial charge is 0.0163 e. The molecule has 0 aromatic rings. The third-order valence-electron chi connectivity index (χ3n) is 2.21. The van der Waals surface area contributed by atoms with Crippen LogP contribution in [0.4, 0.5) is 0 Å². The lowest BCUT2D eigenvalue weighted by Gasteiger charge is -2.26. The second kappa shape index (κ2) is 7.32.